The fourth-order valence-electron chi connectivity index (χ4n) is 1.46. The number of allylic oxidation sites excluding steroid dienone is 1. The molecule has 1 aromatic carbocycles. The standard InChI is InChI=1S/C16H18O2/c1-3-9-15(16(17)18-4-2)13-8-12-14-10-6-5-7-11-14/h5-7,9-11H,3-4,13H2,1-2H3/b15-9+. The SMILES string of the molecule is CC/C=C(\CC#Cc1ccccc1)C(=O)OCC. The second-order valence-corrected chi connectivity index (χ2v) is 3.70. The lowest BCUT2D eigenvalue weighted by atomic mass is 10.1. The molecule has 0 fully saturated rings. The molecule has 2 nitrogen and oxygen atoms in total. The lowest BCUT2D eigenvalue weighted by Gasteiger charge is -2.02. The fourth-order valence-corrected chi connectivity index (χ4v) is 1.46. The van der Waals surface area contributed by atoms with Crippen molar-refractivity contribution in [3.8, 4) is 11.8 Å². The van der Waals surface area contributed by atoms with Crippen molar-refractivity contribution in [1.82, 2.24) is 0 Å². The maximum Gasteiger partial charge on any atom is 0.334 e. The predicted molar refractivity (Wildman–Crippen MR) is 72.9 cm³/mol. The highest BCUT2D eigenvalue weighted by atomic mass is 16.5. The minimum Gasteiger partial charge on any atom is -0.463 e. The van der Waals surface area contributed by atoms with Gasteiger partial charge in [-0.05, 0) is 25.5 Å². The van der Waals surface area contributed by atoms with E-state index >= 15 is 0 Å². The van der Waals surface area contributed by atoms with Gasteiger partial charge < -0.3 is 4.74 Å². The van der Waals surface area contributed by atoms with Crippen molar-refractivity contribution in [3.05, 3.63) is 47.5 Å². The van der Waals surface area contributed by atoms with Crippen LogP contribution in [-0.4, -0.2) is 12.6 Å². The molecule has 0 aliphatic carbocycles. The Bertz CT molecular complexity index is 461. The van der Waals surface area contributed by atoms with Gasteiger partial charge in [-0.3, -0.25) is 0 Å². The number of hydrogen-bond acceptors (Lipinski definition) is 2. The summed E-state index contributed by atoms with van der Waals surface area (Å²) >= 11 is 0. The Labute approximate surface area is 109 Å². The molecule has 0 saturated carbocycles. The van der Waals surface area contributed by atoms with E-state index in [-0.39, 0.29) is 5.97 Å². The van der Waals surface area contributed by atoms with Gasteiger partial charge in [0.1, 0.15) is 0 Å². The third-order valence-electron chi connectivity index (χ3n) is 2.27. The molecule has 0 aliphatic rings. The monoisotopic (exact) mass is 242 g/mol. The second kappa shape index (κ2) is 8.14. The van der Waals surface area contributed by atoms with Crippen molar-refractivity contribution < 1.29 is 9.53 Å². The Morgan fingerprint density at radius 2 is 2.00 bits per heavy atom. The zero-order chi connectivity index (χ0) is 13.2. The average molecular weight is 242 g/mol. The number of carbonyl (C=O) groups excluding carboxylic acids is 1. The summed E-state index contributed by atoms with van der Waals surface area (Å²) in [6.45, 7) is 4.19. The van der Waals surface area contributed by atoms with Gasteiger partial charge in [0.15, 0.2) is 0 Å². The lowest BCUT2D eigenvalue weighted by molar-refractivity contribution is -0.138. The van der Waals surface area contributed by atoms with Crippen LogP contribution in [0.15, 0.2) is 42.0 Å². The van der Waals surface area contributed by atoms with E-state index in [1.807, 2.05) is 43.3 Å². The smallest absolute Gasteiger partial charge is 0.334 e. The Morgan fingerprint density at radius 3 is 2.61 bits per heavy atom. The maximum absolute atomic E-state index is 11.6. The molecule has 0 aliphatic heterocycles. The van der Waals surface area contributed by atoms with Crippen LogP contribution in [0.5, 0.6) is 0 Å². The summed E-state index contributed by atoms with van der Waals surface area (Å²) in [7, 11) is 0. The number of ether oxygens (including phenoxy) is 1. The summed E-state index contributed by atoms with van der Waals surface area (Å²) in [4.78, 5) is 11.6. The first-order valence-electron chi connectivity index (χ1n) is 6.18. The predicted octanol–water partition coefficient (Wildman–Crippen LogP) is 3.33. The van der Waals surface area contributed by atoms with Gasteiger partial charge in [0.2, 0.25) is 0 Å². The van der Waals surface area contributed by atoms with Crippen LogP contribution < -0.4 is 0 Å². The molecule has 0 unspecified atom stereocenters. The third kappa shape index (κ3) is 4.88. The van der Waals surface area contributed by atoms with Gasteiger partial charge in [-0.2, -0.15) is 0 Å². The van der Waals surface area contributed by atoms with E-state index in [2.05, 4.69) is 11.8 Å². The normalized spacial score (nSPS) is 10.4. The number of rotatable bonds is 4. The lowest BCUT2D eigenvalue weighted by Crippen LogP contribution is -2.07. The van der Waals surface area contributed by atoms with E-state index < -0.39 is 0 Å². The molecule has 0 atom stereocenters. The van der Waals surface area contributed by atoms with E-state index in [1.54, 1.807) is 6.92 Å². The van der Waals surface area contributed by atoms with Crippen LogP contribution in [0.4, 0.5) is 0 Å². The molecule has 0 N–H and O–H groups in total. The van der Waals surface area contributed by atoms with Gasteiger partial charge in [0.05, 0.1) is 6.61 Å². The van der Waals surface area contributed by atoms with Crippen molar-refractivity contribution >= 4 is 5.97 Å². The van der Waals surface area contributed by atoms with Gasteiger partial charge in [0.25, 0.3) is 0 Å². The van der Waals surface area contributed by atoms with Crippen molar-refractivity contribution in [2.75, 3.05) is 6.61 Å². The minimum absolute atomic E-state index is 0.262. The highest BCUT2D eigenvalue weighted by molar-refractivity contribution is 5.88. The molecule has 0 bridgehead atoms. The van der Waals surface area contributed by atoms with Gasteiger partial charge in [-0.1, -0.05) is 43.0 Å². The van der Waals surface area contributed by atoms with E-state index in [1.165, 1.54) is 0 Å². The van der Waals surface area contributed by atoms with Crippen molar-refractivity contribution in [2.45, 2.75) is 26.7 Å². The van der Waals surface area contributed by atoms with Crippen LogP contribution in [0.1, 0.15) is 32.3 Å². The first kappa shape index (κ1) is 14.1. The van der Waals surface area contributed by atoms with Crippen molar-refractivity contribution in [2.24, 2.45) is 0 Å². The van der Waals surface area contributed by atoms with Crippen LogP contribution in [0.2, 0.25) is 0 Å². The highest BCUT2D eigenvalue weighted by Gasteiger charge is 2.07. The second-order valence-electron chi connectivity index (χ2n) is 3.70. The molecule has 0 radical (unpaired) electrons. The largest absolute Gasteiger partial charge is 0.463 e. The number of benzene rings is 1. The third-order valence-corrected chi connectivity index (χ3v) is 2.27. The maximum atomic E-state index is 11.6. The molecule has 94 valence electrons. The quantitative estimate of drug-likeness (QED) is 0.460. The Balaban J connectivity index is 2.67. The van der Waals surface area contributed by atoms with Gasteiger partial charge >= 0.3 is 5.97 Å². The van der Waals surface area contributed by atoms with Crippen LogP contribution in [-0.2, 0) is 9.53 Å². The molecule has 0 aromatic heterocycles. The van der Waals surface area contributed by atoms with Crippen molar-refractivity contribution in [1.29, 1.82) is 0 Å². The Kier molecular flexibility index (Phi) is 6.35. The summed E-state index contributed by atoms with van der Waals surface area (Å²) in [5.41, 5.74) is 1.60. The first-order valence-corrected chi connectivity index (χ1v) is 6.18. The summed E-state index contributed by atoms with van der Waals surface area (Å²) < 4.78 is 4.98. The zero-order valence-electron chi connectivity index (χ0n) is 10.9. The zero-order valence-corrected chi connectivity index (χ0v) is 10.9. The molecule has 18 heavy (non-hydrogen) atoms. The number of hydrogen-bond donors (Lipinski definition) is 0. The summed E-state index contributed by atoms with van der Waals surface area (Å²) in [5.74, 6) is 5.78. The topological polar surface area (TPSA) is 26.3 Å². The molecular formula is C16H18O2. The minimum atomic E-state index is -0.262. The van der Waals surface area contributed by atoms with Crippen LogP contribution in [0, 0.1) is 11.8 Å². The van der Waals surface area contributed by atoms with E-state index in [4.69, 9.17) is 4.74 Å². The van der Waals surface area contributed by atoms with E-state index in [9.17, 15) is 4.79 Å². The molecule has 0 amide bonds. The fraction of sp³-hybridized carbons (Fsp3) is 0.312. The first-order chi connectivity index (χ1) is 8.77. The molecule has 1 aromatic rings. The van der Waals surface area contributed by atoms with Crippen LogP contribution >= 0.6 is 0 Å². The molecular weight excluding hydrogens is 224 g/mol. The van der Waals surface area contributed by atoms with Crippen LogP contribution in [0.3, 0.4) is 0 Å². The molecule has 0 heterocycles. The highest BCUT2D eigenvalue weighted by Crippen LogP contribution is 2.05. The number of carbonyl (C=O) groups is 1. The molecule has 2 heteroatoms. The molecule has 0 spiro atoms. The van der Waals surface area contributed by atoms with Crippen molar-refractivity contribution in [3.63, 3.8) is 0 Å². The van der Waals surface area contributed by atoms with Gasteiger partial charge in [0, 0.05) is 17.6 Å². The number of esters is 1. The van der Waals surface area contributed by atoms with E-state index in [0.717, 1.165) is 12.0 Å². The van der Waals surface area contributed by atoms with Gasteiger partial charge in [-0.15, -0.1) is 0 Å². The Morgan fingerprint density at radius 1 is 1.28 bits per heavy atom. The summed E-state index contributed by atoms with van der Waals surface area (Å²) in [6.07, 6.45) is 3.11. The van der Waals surface area contributed by atoms with Crippen LogP contribution in [0.25, 0.3) is 0 Å². The summed E-state index contributed by atoms with van der Waals surface area (Å²) in [5, 5.41) is 0. The molecule has 0 saturated heterocycles. The summed E-state index contributed by atoms with van der Waals surface area (Å²) in [6, 6.07) is 9.73. The van der Waals surface area contributed by atoms with E-state index in [0.29, 0.717) is 18.6 Å². The van der Waals surface area contributed by atoms with Gasteiger partial charge in [-0.25, -0.2) is 4.79 Å². The average Bonchev–Trinajstić information content (AvgIpc) is 2.39. The molecule has 1 rings (SSSR count). The Hall–Kier alpha value is -2.01.